The van der Waals surface area contributed by atoms with Crippen molar-refractivity contribution in [3.63, 3.8) is 0 Å². The fourth-order valence-electron chi connectivity index (χ4n) is 2.60. The molecule has 0 aliphatic carbocycles. The van der Waals surface area contributed by atoms with Crippen LogP contribution in [0.3, 0.4) is 0 Å². The Labute approximate surface area is 104 Å². The smallest absolute Gasteiger partial charge is 0.227 e. The summed E-state index contributed by atoms with van der Waals surface area (Å²) < 4.78 is 0. The molecule has 0 unspecified atom stereocenters. The van der Waals surface area contributed by atoms with Crippen LogP contribution in [0.15, 0.2) is 18.2 Å². The van der Waals surface area contributed by atoms with Crippen LogP contribution in [0, 0.1) is 6.92 Å². The molecule has 0 fully saturated rings. The molecule has 0 atom stereocenters. The van der Waals surface area contributed by atoms with E-state index in [1.54, 1.807) is 0 Å². The molecule has 1 aliphatic rings. The molecular weight excluding hydrogens is 210 g/mol. The van der Waals surface area contributed by atoms with E-state index in [4.69, 9.17) is 0 Å². The van der Waals surface area contributed by atoms with Crippen molar-refractivity contribution in [1.29, 1.82) is 0 Å². The molecule has 1 aliphatic heterocycles. The van der Waals surface area contributed by atoms with Crippen molar-refractivity contribution < 1.29 is 4.79 Å². The predicted octanol–water partition coefficient (Wildman–Crippen LogP) is 3.42. The van der Waals surface area contributed by atoms with Crippen molar-refractivity contribution in [2.45, 2.75) is 46.0 Å². The molecule has 2 heteroatoms. The Bertz CT molecular complexity index is 448. The fraction of sp³-hybridized carbons (Fsp3) is 0.533. The molecule has 1 aromatic carbocycles. The van der Waals surface area contributed by atoms with Crippen LogP contribution < -0.4 is 4.90 Å². The zero-order valence-electron chi connectivity index (χ0n) is 11.2. The number of aryl methyl sites for hydroxylation is 1. The van der Waals surface area contributed by atoms with Gasteiger partial charge in [-0.25, -0.2) is 0 Å². The van der Waals surface area contributed by atoms with E-state index in [0.717, 1.165) is 18.7 Å². The van der Waals surface area contributed by atoms with Gasteiger partial charge in [0.25, 0.3) is 0 Å². The molecule has 0 saturated carbocycles. The number of anilines is 1. The zero-order valence-corrected chi connectivity index (χ0v) is 11.2. The predicted molar refractivity (Wildman–Crippen MR) is 71.5 cm³/mol. The second kappa shape index (κ2) is 4.17. The highest BCUT2D eigenvalue weighted by atomic mass is 16.2. The van der Waals surface area contributed by atoms with Crippen LogP contribution in [-0.2, 0) is 10.2 Å². The lowest BCUT2D eigenvalue weighted by Crippen LogP contribution is -2.42. The summed E-state index contributed by atoms with van der Waals surface area (Å²) in [5, 5.41) is 0. The second-order valence-electron chi connectivity index (χ2n) is 5.63. The maximum absolute atomic E-state index is 12.2. The quantitative estimate of drug-likeness (QED) is 0.763. The first-order chi connectivity index (χ1) is 7.95. The van der Waals surface area contributed by atoms with Gasteiger partial charge in [-0.1, -0.05) is 38.5 Å². The first kappa shape index (κ1) is 12.2. The Morgan fingerprint density at radius 3 is 2.71 bits per heavy atom. The van der Waals surface area contributed by atoms with Gasteiger partial charge in [0.2, 0.25) is 5.91 Å². The molecule has 0 spiro atoms. The highest BCUT2D eigenvalue weighted by Crippen LogP contribution is 2.40. The largest absolute Gasteiger partial charge is 0.312 e. The number of carbonyl (C=O) groups is 1. The van der Waals surface area contributed by atoms with Crippen molar-refractivity contribution in [3.05, 3.63) is 29.3 Å². The number of nitrogens with zero attached hydrogens (tertiary/aromatic N) is 1. The van der Waals surface area contributed by atoms with Gasteiger partial charge >= 0.3 is 0 Å². The van der Waals surface area contributed by atoms with Gasteiger partial charge in [-0.05, 0) is 25.0 Å². The number of benzene rings is 1. The van der Waals surface area contributed by atoms with Gasteiger partial charge in [0.05, 0.1) is 0 Å². The molecule has 0 bridgehead atoms. The second-order valence-corrected chi connectivity index (χ2v) is 5.63. The van der Waals surface area contributed by atoms with Gasteiger partial charge in [0.1, 0.15) is 0 Å². The minimum Gasteiger partial charge on any atom is -0.312 e. The minimum atomic E-state index is -0.0390. The van der Waals surface area contributed by atoms with Crippen LogP contribution in [0.25, 0.3) is 0 Å². The topological polar surface area (TPSA) is 20.3 Å². The molecule has 1 aromatic rings. The maximum atomic E-state index is 12.2. The molecule has 0 saturated heterocycles. The SMILES string of the molecule is CCCN1C(=O)CC(C)(C)c2cc(C)ccc21. The lowest BCUT2D eigenvalue weighted by Gasteiger charge is -2.38. The van der Waals surface area contributed by atoms with E-state index in [1.165, 1.54) is 11.1 Å². The van der Waals surface area contributed by atoms with Crippen molar-refractivity contribution in [1.82, 2.24) is 0 Å². The average molecular weight is 231 g/mol. The van der Waals surface area contributed by atoms with E-state index in [9.17, 15) is 4.79 Å². The molecule has 0 radical (unpaired) electrons. The van der Waals surface area contributed by atoms with Gasteiger partial charge < -0.3 is 4.90 Å². The summed E-state index contributed by atoms with van der Waals surface area (Å²) in [5.41, 5.74) is 3.65. The lowest BCUT2D eigenvalue weighted by atomic mass is 9.76. The minimum absolute atomic E-state index is 0.0390. The van der Waals surface area contributed by atoms with Crippen molar-refractivity contribution in [2.75, 3.05) is 11.4 Å². The van der Waals surface area contributed by atoms with E-state index < -0.39 is 0 Å². The highest BCUT2D eigenvalue weighted by Gasteiger charge is 2.36. The number of fused-ring (bicyclic) bond motifs is 1. The molecule has 1 amide bonds. The third-order valence-corrected chi connectivity index (χ3v) is 3.51. The summed E-state index contributed by atoms with van der Waals surface area (Å²) in [7, 11) is 0. The molecular formula is C15H21NO. The van der Waals surface area contributed by atoms with Gasteiger partial charge in [-0.15, -0.1) is 0 Å². The van der Waals surface area contributed by atoms with Gasteiger partial charge in [0, 0.05) is 24.1 Å². The summed E-state index contributed by atoms with van der Waals surface area (Å²) in [6.45, 7) is 9.36. The number of rotatable bonds is 2. The fourth-order valence-corrected chi connectivity index (χ4v) is 2.60. The van der Waals surface area contributed by atoms with Crippen molar-refractivity contribution >= 4 is 11.6 Å². The number of hydrogen-bond acceptors (Lipinski definition) is 1. The van der Waals surface area contributed by atoms with E-state index in [1.807, 2.05) is 4.90 Å². The van der Waals surface area contributed by atoms with E-state index in [-0.39, 0.29) is 11.3 Å². The monoisotopic (exact) mass is 231 g/mol. The summed E-state index contributed by atoms with van der Waals surface area (Å²) in [4.78, 5) is 14.1. The first-order valence-electron chi connectivity index (χ1n) is 6.37. The van der Waals surface area contributed by atoms with Crippen LogP contribution in [0.5, 0.6) is 0 Å². The Balaban J connectivity index is 2.54. The highest BCUT2D eigenvalue weighted by molar-refractivity contribution is 5.97. The molecule has 2 nitrogen and oxygen atoms in total. The number of hydrogen-bond donors (Lipinski definition) is 0. The van der Waals surface area contributed by atoms with Crippen LogP contribution >= 0.6 is 0 Å². The summed E-state index contributed by atoms with van der Waals surface area (Å²) in [6.07, 6.45) is 1.61. The van der Waals surface area contributed by atoms with E-state index >= 15 is 0 Å². The summed E-state index contributed by atoms with van der Waals surface area (Å²) in [5.74, 6) is 0.258. The van der Waals surface area contributed by atoms with Crippen molar-refractivity contribution in [2.24, 2.45) is 0 Å². The van der Waals surface area contributed by atoms with Crippen LogP contribution in [0.2, 0.25) is 0 Å². The number of carbonyl (C=O) groups excluding carboxylic acids is 1. The maximum Gasteiger partial charge on any atom is 0.227 e. The first-order valence-corrected chi connectivity index (χ1v) is 6.37. The summed E-state index contributed by atoms with van der Waals surface area (Å²) >= 11 is 0. The van der Waals surface area contributed by atoms with Crippen molar-refractivity contribution in [3.8, 4) is 0 Å². The Morgan fingerprint density at radius 1 is 1.35 bits per heavy atom. The molecule has 0 N–H and O–H groups in total. The molecule has 1 heterocycles. The van der Waals surface area contributed by atoms with Gasteiger partial charge in [-0.3, -0.25) is 4.79 Å². The van der Waals surface area contributed by atoms with Crippen LogP contribution in [-0.4, -0.2) is 12.5 Å². The molecule has 17 heavy (non-hydrogen) atoms. The molecule has 2 rings (SSSR count). The standard InChI is InChI=1S/C15H21NO/c1-5-8-16-13-7-6-11(2)9-12(13)15(3,4)10-14(16)17/h6-7,9H,5,8,10H2,1-4H3. The van der Waals surface area contributed by atoms with E-state index in [0.29, 0.717) is 6.42 Å². The summed E-state index contributed by atoms with van der Waals surface area (Å²) in [6, 6.07) is 6.42. The van der Waals surface area contributed by atoms with Gasteiger partial charge in [0.15, 0.2) is 0 Å². The lowest BCUT2D eigenvalue weighted by molar-refractivity contribution is -0.120. The number of amides is 1. The molecule has 92 valence electrons. The zero-order chi connectivity index (χ0) is 12.6. The Morgan fingerprint density at radius 2 is 2.06 bits per heavy atom. The third kappa shape index (κ3) is 2.08. The van der Waals surface area contributed by atoms with Crippen LogP contribution in [0.1, 0.15) is 44.7 Å². The van der Waals surface area contributed by atoms with Crippen LogP contribution in [0.4, 0.5) is 5.69 Å². The molecule has 0 aromatic heterocycles. The Hall–Kier alpha value is -1.31. The normalized spacial score (nSPS) is 18.1. The average Bonchev–Trinajstić information content (AvgIpc) is 2.24. The van der Waals surface area contributed by atoms with Gasteiger partial charge in [-0.2, -0.15) is 0 Å². The van der Waals surface area contributed by atoms with E-state index in [2.05, 4.69) is 45.9 Å². The third-order valence-electron chi connectivity index (χ3n) is 3.51. The Kier molecular flexibility index (Phi) is 2.98.